The molecule has 0 aromatic heterocycles. The molecule has 142 valence electrons. The van der Waals surface area contributed by atoms with Crippen molar-refractivity contribution in [1.82, 2.24) is 0 Å². The molecule has 27 heavy (non-hydrogen) atoms. The van der Waals surface area contributed by atoms with E-state index in [0.717, 1.165) is 5.56 Å². The van der Waals surface area contributed by atoms with Gasteiger partial charge in [-0.2, -0.15) is 0 Å². The van der Waals surface area contributed by atoms with Crippen LogP contribution in [0.2, 0.25) is 5.02 Å². The van der Waals surface area contributed by atoms with E-state index in [0.29, 0.717) is 27.9 Å². The Morgan fingerprint density at radius 1 is 1.22 bits per heavy atom. The smallest absolute Gasteiger partial charge is 0.229 e. The first kappa shape index (κ1) is 19.0. The molecule has 2 aromatic carbocycles. The monoisotopic (exact) mass is 388 g/mol. The minimum atomic E-state index is -0.466. The van der Waals surface area contributed by atoms with Crippen LogP contribution in [0.25, 0.3) is 0 Å². The lowest BCUT2D eigenvalue weighted by Crippen LogP contribution is -2.28. The van der Waals surface area contributed by atoms with E-state index in [4.69, 9.17) is 21.1 Å². The molecule has 0 spiro atoms. The summed E-state index contributed by atoms with van der Waals surface area (Å²) in [5, 5.41) is 3.46. The largest absolute Gasteiger partial charge is 0.497 e. The summed E-state index contributed by atoms with van der Waals surface area (Å²) in [7, 11) is 3.10. The van der Waals surface area contributed by atoms with E-state index in [1.807, 2.05) is 6.92 Å². The van der Waals surface area contributed by atoms with Crippen LogP contribution < -0.4 is 19.7 Å². The van der Waals surface area contributed by atoms with Crippen molar-refractivity contribution in [3.63, 3.8) is 0 Å². The summed E-state index contributed by atoms with van der Waals surface area (Å²) < 4.78 is 10.6. The maximum absolute atomic E-state index is 12.7. The van der Waals surface area contributed by atoms with Crippen LogP contribution in [0.3, 0.4) is 0 Å². The van der Waals surface area contributed by atoms with Crippen LogP contribution >= 0.6 is 11.6 Å². The molecule has 1 aliphatic heterocycles. The van der Waals surface area contributed by atoms with Gasteiger partial charge in [0.15, 0.2) is 0 Å². The molecule has 1 fully saturated rings. The normalized spacial score (nSPS) is 16.4. The zero-order chi connectivity index (χ0) is 19.6. The molecule has 2 amide bonds. The van der Waals surface area contributed by atoms with Crippen LogP contribution in [0.5, 0.6) is 11.5 Å². The van der Waals surface area contributed by atoms with Crippen LogP contribution in [-0.2, 0) is 9.59 Å². The van der Waals surface area contributed by atoms with Crippen LogP contribution in [0.15, 0.2) is 36.4 Å². The van der Waals surface area contributed by atoms with E-state index in [1.165, 1.54) is 7.11 Å². The quantitative estimate of drug-likeness (QED) is 0.848. The fourth-order valence-electron chi connectivity index (χ4n) is 3.10. The highest BCUT2D eigenvalue weighted by molar-refractivity contribution is 6.31. The van der Waals surface area contributed by atoms with Gasteiger partial charge in [-0.25, -0.2) is 0 Å². The van der Waals surface area contributed by atoms with Crippen LogP contribution in [0, 0.1) is 12.8 Å². The molecule has 1 atom stereocenters. The zero-order valence-electron chi connectivity index (χ0n) is 15.4. The average Bonchev–Trinajstić information content (AvgIpc) is 3.06. The van der Waals surface area contributed by atoms with Crippen molar-refractivity contribution in [1.29, 1.82) is 0 Å². The number of amides is 2. The summed E-state index contributed by atoms with van der Waals surface area (Å²) >= 11 is 6.11. The topological polar surface area (TPSA) is 67.9 Å². The van der Waals surface area contributed by atoms with E-state index < -0.39 is 5.92 Å². The highest BCUT2D eigenvalue weighted by Gasteiger charge is 2.36. The van der Waals surface area contributed by atoms with Crippen LogP contribution in [-0.4, -0.2) is 32.6 Å². The first-order valence-corrected chi connectivity index (χ1v) is 8.90. The van der Waals surface area contributed by atoms with Gasteiger partial charge < -0.3 is 19.7 Å². The van der Waals surface area contributed by atoms with Gasteiger partial charge in [-0.1, -0.05) is 17.7 Å². The Morgan fingerprint density at radius 3 is 2.70 bits per heavy atom. The predicted octanol–water partition coefficient (Wildman–Crippen LogP) is 3.66. The van der Waals surface area contributed by atoms with Gasteiger partial charge in [-0.05, 0) is 36.8 Å². The molecule has 0 saturated carbocycles. The molecular weight excluding hydrogens is 368 g/mol. The molecule has 3 rings (SSSR count). The Morgan fingerprint density at radius 2 is 2.00 bits per heavy atom. The maximum atomic E-state index is 12.7. The zero-order valence-corrected chi connectivity index (χ0v) is 16.2. The fraction of sp³-hybridized carbons (Fsp3) is 0.300. The molecule has 0 aliphatic carbocycles. The number of carbonyl (C=O) groups excluding carboxylic acids is 2. The number of halogens is 1. The van der Waals surface area contributed by atoms with E-state index in [9.17, 15) is 9.59 Å². The van der Waals surface area contributed by atoms with Crippen molar-refractivity contribution in [2.24, 2.45) is 5.92 Å². The molecular formula is C20H21ClN2O4. The third kappa shape index (κ3) is 3.85. The summed E-state index contributed by atoms with van der Waals surface area (Å²) in [6.45, 7) is 2.11. The van der Waals surface area contributed by atoms with E-state index in [-0.39, 0.29) is 24.8 Å². The second kappa shape index (κ2) is 7.88. The predicted molar refractivity (Wildman–Crippen MR) is 105 cm³/mol. The fourth-order valence-corrected chi connectivity index (χ4v) is 3.28. The Kier molecular flexibility index (Phi) is 5.56. The minimum absolute atomic E-state index is 0.131. The van der Waals surface area contributed by atoms with Crippen molar-refractivity contribution in [2.45, 2.75) is 13.3 Å². The SMILES string of the molecule is COc1ccc(OC)c(N2CC(C(=O)Nc3cccc(Cl)c3C)CC2=O)c1. The molecule has 1 saturated heterocycles. The van der Waals surface area contributed by atoms with Gasteiger partial charge in [0.05, 0.1) is 25.8 Å². The van der Waals surface area contributed by atoms with Crippen molar-refractivity contribution in [3.8, 4) is 11.5 Å². The highest BCUT2D eigenvalue weighted by Crippen LogP contribution is 2.36. The second-order valence-electron chi connectivity index (χ2n) is 6.34. The third-order valence-corrected chi connectivity index (χ3v) is 5.11. The number of hydrogen-bond donors (Lipinski definition) is 1. The molecule has 7 heteroatoms. The average molecular weight is 389 g/mol. The number of ether oxygens (including phenoxy) is 2. The lowest BCUT2D eigenvalue weighted by molar-refractivity contribution is -0.122. The van der Waals surface area contributed by atoms with E-state index in [2.05, 4.69) is 5.32 Å². The molecule has 0 radical (unpaired) electrons. The standard InChI is InChI=1S/C20H21ClN2O4/c1-12-15(21)5-4-6-16(12)22-20(25)13-9-19(24)23(11-13)17-10-14(26-2)7-8-18(17)27-3/h4-8,10,13H,9,11H2,1-3H3,(H,22,25). The number of methoxy groups -OCH3 is 2. The Labute approximate surface area is 163 Å². The van der Waals surface area contributed by atoms with Gasteiger partial charge in [0.25, 0.3) is 0 Å². The lowest BCUT2D eigenvalue weighted by atomic mass is 10.1. The second-order valence-corrected chi connectivity index (χ2v) is 6.75. The summed E-state index contributed by atoms with van der Waals surface area (Å²) in [4.78, 5) is 26.8. The van der Waals surface area contributed by atoms with Crippen LogP contribution in [0.4, 0.5) is 11.4 Å². The van der Waals surface area contributed by atoms with Gasteiger partial charge >= 0.3 is 0 Å². The number of nitrogens with zero attached hydrogens (tertiary/aromatic N) is 1. The molecule has 6 nitrogen and oxygen atoms in total. The number of anilines is 2. The molecule has 1 aliphatic rings. The van der Waals surface area contributed by atoms with Gasteiger partial charge in [0.2, 0.25) is 11.8 Å². The number of nitrogens with one attached hydrogen (secondary N) is 1. The number of carbonyl (C=O) groups is 2. The summed E-state index contributed by atoms with van der Waals surface area (Å²) in [6, 6.07) is 10.6. The highest BCUT2D eigenvalue weighted by atomic mass is 35.5. The maximum Gasteiger partial charge on any atom is 0.229 e. The molecule has 1 N–H and O–H groups in total. The molecule has 1 heterocycles. The third-order valence-electron chi connectivity index (χ3n) is 4.70. The van der Waals surface area contributed by atoms with Gasteiger partial charge in [0.1, 0.15) is 11.5 Å². The van der Waals surface area contributed by atoms with Gasteiger partial charge in [-0.15, -0.1) is 0 Å². The van der Waals surface area contributed by atoms with Gasteiger partial charge in [0, 0.05) is 29.7 Å². The first-order valence-electron chi connectivity index (χ1n) is 8.53. The lowest BCUT2D eigenvalue weighted by Gasteiger charge is -2.20. The van der Waals surface area contributed by atoms with Gasteiger partial charge in [-0.3, -0.25) is 9.59 Å². The van der Waals surface area contributed by atoms with Crippen molar-refractivity contribution in [2.75, 3.05) is 31.0 Å². The summed E-state index contributed by atoms with van der Waals surface area (Å²) in [5.74, 6) is 0.353. The number of benzene rings is 2. The molecule has 0 bridgehead atoms. The first-order chi connectivity index (χ1) is 12.9. The Hall–Kier alpha value is -2.73. The minimum Gasteiger partial charge on any atom is -0.497 e. The van der Waals surface area contributed by atoms with Crippen molar-refractivity contribution >= 4 is 34.8 Å². The van der Waals surface area contributed by atoms with E-state index >= 15 is 0 Å². The van der Waals surface area contributed by atoms with Crippen molar-refractivity contribution in [3.05, 3.63) is 47.0 Å². The Bertz CT molecular complexity index is 884. The number of rotatable bonds is 5. The Balaban J connectivity index is 1.79. The summed E-state index contributed by atoms with van der Waals surface area (Å²) in [5.41, 5.74) is 2.04. The number of hydrogen-bond acceptors (Lipinski definition) is 4. The van der Waals surface area contributed by atoms with E-state index in [1.54, 1.807) is 48.4 Å². The summed E-state index contributed by atoms with van der Waals surface area (Å²) in [6.07, 6.45) is 0.131. The molecule has 1 unspecified atom stereocenters. The van der Waals surface area contributed by atoms with Crippen molar-refractivity contribution < 1.29 is 19.1 Å². The van der Waals surface area contributed by atoms with Crippen LogP contribution in [0.1, 0.15) is 12.0 Å². The molecule has 2 aromatic rings.